The summed E-state index contributed by atoms with van der Waals surface area (Å²) in [6.45, 7) is 1.78. The summed E-state index contributed by atoms with van der Waals surface area (Å²) in [7, 11) is 1.69. The van der Waals surface area contributed by atoms with Crippen molar-refractivity contribution in [2.24, 2.45) is 0 Å². The van der Waals surface area contributed by atoms with Crippen LogP contribution in [0.1, 0.15) is 24.2 Å². The van der Waals surface area contributed by atoms with Crippen LogP contribution in [0, 0.1) is 0 Å². The summed E-state index contributed by atoms with van der Waals surface area (Å²) in [5, 5.41) is 9.62. The summed E-state index contributed by atoms with van der Waals surface area (Å²) in [4.78, 5) is 1.14. The van der Waals surface area contributed by atoms with Crippen molar-refractivity contribution in [1.29, 1.82) is 0 Å². The van der Waals surface area contributed by atoms with Gasteiger partial charge < -0.3 is 9.84 Å². The molecule has 0 aromatic heterocycles. The van der Waals surface area contributed by atoms with Gasteiger partial charge in [-0.15, -0.1) is 11.8 Å². The highest BCUT2D eigenvalue weighted by atomic mass is 79.9. The summed E-state index contributed by atoms with van der Waals surface area (Å²) < 4.78 is 6.42. The Morgan fingerprint density at radius 1 is 1.25 bits per heavy atom. The largest absolute Gasteiger partial charge is 0.496 e. The molecule has 0 spiro atoms. The van der Waals surface area contributed by atoms with Crippen molar-refractivity contribution in [3.63, 3.8) is 0 Å². The van der Waals surface area contributed by atoms with Crippen LogP contribution in [-0.4, -0.2) is 12.2 Å². The molecule has 0 bridgehead atoms. The van der Waals surface area contributed by atoms with Crippen molar-refractivity contribution >= 4 is 27.7 Å². The van der Waals surface area contributed by atoms with Crippen LogP contribution in [0.5, 0.6) is 5.75 Å². The van der Waals surface area contributed by atoms with E-state index in [-0.39, 0.29) is 0 Å². The molecule has 2 aromatic carbocycles. The van der Waals surface area contributed by atoms with Crippen molar-refractivity contribution in [3.05, 3.63) is 58.1 Å². The van der Waals surface area contributed by atoms with Gasteiger partial charge in [0, 0.05) is 20.7 Å². The molecule has 2 nitrogen and oxygen atoms in total. The Kier molecular flexibility index (Phi) is 5.52. The standard InChI is InChI=1S/C16H17BrO2S/c1-11(18)12-4-3-5-15(9-12)20-10-13-8-14(17)6-7-16(13)19-2/h3-9,11,18H,10H2,1-2H3. The van der Waals surface area contributed by atoms with Crippen LogP contribution >= 0.6 is 27.7 Å². The van der Waals surface area contributed by atoms with E-state index in [4.69, 9.17) is 4.74 Å². The normalized spacial score (nSPS) is 12.2. The molecule has 0 heterocycles. The lowest BCUT2D eigenvalue weighted by molar-refractivity contribution is 0.199. The Labute approximate surface area is 132 Å². The summed E-state index contributed by atoms with van der Waals surface area (Å²) in [5.74, 6) is 1.72. The quantitative estimate of drug-likeness (QED) is 0.783. The average Bonchev–Trinajstić information content (AvgIpc) is 2.45. The number of benzene rings is 2. The fraction of sp³-hybridized carbons (Fsp3) is 0.250. The van der Waals surface area contributed by atoms with Crippen LogP contribution in [0.4, 0.5) is 0 Å². The molecule has 4 heteroatoms. The van der Waals surface area contributed by atoms with Gasteiger partial charge >= 0.3 is 0 Å². The molecule has 106 valence electrons. The molecule has 2 rings (SSSR count). The SMILES string of the molecule is COc1ccc(Br)cc1CSc1cccc(C(C)O)c1. The van der Waals surface area contributed by atoms with E-state index < -0.39 is 6.10 Å². The first-order valence-corrected chi connectivity index (χ1v) is 8.11. The van der Waals surface area contributed by atoms with Gasteiger partial charge in [-0.1, -0.05) is 28.1 Å². The number of aliphatic hydroxyl groups is 1. The van der Waals surface area contributed by atoms with E-state index in [1.54, 1.807) is 25.8 Å². The summed E-state index contributed by atoms with van der Waals surface area (Å²) >= 11 is 5.22. The second-order valence-corrected chi connectivity index (χ2v) is 6.46. The van der Waals surface area contributed by atoms with E-state index >= 15 is 0 Å². The van der Waals surface area contributed by atoms with Crippen molar-refractivity contribution in [1.82, 2.24) is 0 Å². The first kappa shape index (κ1) is 15.4. The molecule has 0 amide bonds. The van der Waals surface area contributed by atoms with E-state index in [0.717, 1.165) is 32.0 Å². The van der Waals surface area contributed by atoms with Crippen LogP contribution in [-0.2, 0) is 5.75 Å². The summed E-state index contributed by atoms with van der Waals surface area (Å²) in [6, 6.07) is 14.0. The van der Waals surface area contributed by atoms with Crippen LogP contribution in [0.2, 0.25) is 0 Å². The van der Waals surface area contributed by atoms with Gasteiger partial charge in [-0.05, 0) is 42.8 Å². The highest BCUT2D eigenvalue weighted by Crippen LogP contribution is 2.31. The molecule has 0 saturated heterocycles. The Bertz CT molecular complexity index is 584. The van der Waals surface area contributed by atoms with Gasteiger partial charge in [0.15, 0.2) is 0 Å². The van der Waals surface area contributed by atoms with Crippen molar-refractivity contribution in [2.75, 3.05) is 7.11 Å². The van der Waals surface area contributed by atoms with Gasteiger partial charge in [-0.2, -0.15) is 0 Å². The van der Waals surface area contributed by atoms with E-state index in [9.17, 15) is 5.11 Å². The molecular formula is C16H17BrO2S. The molecule has 0 saturated carbocycles. The number of thioether (sulfide) groups is 1. The topological polar surface area (TPSA) is 29.5 Å². The maximum Gasteiger partial charge on any atom is 0.122 e. The van der Waals surface area contributed by atoms with Crippen molar-refractivity contribution in [2.45, 2.75) is 23.7 Å². The molecule has 2 aromatic rings. The maximum atomic E-state index is 9.62. The maximum absolute atomic E-state index is 9.62. The summed E-state index contributed by atoms with van der Waals surface area (Å²) in [6.07, 6.45) is -0.434. The highest BCUT2D eigenvalue weighted by molar-refractivity contribution is 9.10. The summed E-state index contributed by atoms with van der Waals surface area (Å²) in [5.41, 5.74) is 2.09. The van der Waals surface area contributed by atoms with Crippen LogP contribution in [0.25, 0.3) is 0 Å². The van der Waals surface area contributed by atoms with E-state index in [0.29, 0.717) is 0 Å². The third-order valence-corrected chi connectivity index (χ3v) is 4.51. The Balaban J connectivity index is 2.12. The predicted octanol–water partition coefficient (Wildman–Crippen LogP) is 4.80. The highest BCUT2D eigenvalue weighted by Gasteiger charge is 2.06. The number of ether oxygens (including phenoxy) is 1. The van der Waals surface area contributed by atoms with E-state index in [2.05, 4.69) is 28.1 Å². The van der Waals surface area contributed by atoms with Gasteiger partial charge in [0.05, 0.1) is 13.2 Å². The van der Waals surface area contributed by atoms with E-state index in [1.807, 2.05) is 30.3 Å². The molecule has 20 heavy (non-hydrogen) atoms. The van der Waals surface area contributed by atoms with Gasteiger partial charge in [0.25, 0.3) is 0 Å². The molecule has 0 aliphatic carbocycles. The molecule has 0 aliphatic rings. The molecular weight excluding hydrogens is 336 g/mol. The number of aliphatic hydroxyl groups excluding tert-OH is 1. The second-order valence-electron chi connectivity index (χ2n) is 4.49. The van der Waals surface area contributed by atoms with Crippen LogP contribution < -0.4 is 4.74 Å². The third-order valence-electron chi connectivity index (χ3n) is 2.98. The Morgan fingerprint density at radius 2 is 2.05 bits per heavy atom. The minimum atomic E-state index is -0.434. The lowest BCUT2D eigenvalue weighted by Gasteiger charge is -2.10. The average molecular weight is 353 g/mol. The monoisotopic (exact) mass is 352 g/mol. The van der Waals surface area contributed by atoms with Crippen molar-refractivity contribution < 1.29 is 9.84 Å². The van der Waals surface area contributed by atoms with Gasteiger partial charge in [0.1, 0.15) is 5.75 Å². The minimum Gasteiger partial charge on any atom is -0.496 e. The number of methoxy groups -OCH3 is 1. The Morgan fingerprint density at radius 3 is 2.75 bits per heavy atom. The molecule has 1 unspecified atom stereocenters. The molecule has 0 aliphatic heterocycles. The lowest BCUT2D eigenvalue weighted by Crippen LogP contribution is -1.92. The van der Waals surface area contributed by atoms with Gasteiger partial charge in [-0.3, -0.25) is 0 Å². The molecule has 1 atom stereocenters. The first-order valence-electron chi connectivity index (χ1n) is 6.33. The van der Waals surface area contributed by atoms with Gasteiger partial charge in [0.2, 0.25) is 0 Å². The molecule has 0 radical (unpaired) electrons. The first-order chi connectivity index (χ1) is 9.60. The molecule has 1 N–H and O–H groups in total. The third kappa shape index (κ3) is 4.01. The second kappa shape index (κ2) is 7.16. The zero-order chi connectivity index (χ0) is 14.5. The zero-order valence-corrected chi connectivity index (χ0v) is 13.9. The fourth-order valence-electron chi connectivity index (χ4n) is 1.89. The lowest BCUT2D eigenvalue weighted by atomic mass is 10.1. The Hall–Kier alpha value is -0.970. The molecule has 0 fully saturated rings. The number of halogens is 1. The smallest absolute Gasteiger partial charge is 0.122 e. The predicted molar refractivity (Wildman–Crippen MR) is 87.3 cm³/mol. The van der Waals surface area contributed by atoms with E-state index in [1.165, 1.54) is 0 Å². The minimum absolute atomic E-state index is 0.434. The number of hydrogen-bond acceptors (Lipinski definition) is 3. The zero-order valence-electron chi connectivity index (χ0n) is 11.5. The van der Waals surface area contributed by atoms with Crippen LogP contribution in [0.3, 0.4) is 0 Å². The van der Waals surface area contributed by atoms with Crippen molar-refractivity contribution in [3.8, 4) is 5.75 Å². The van der Waals surface area contributed by atoms with Crippen LogP contribution in [0.15, 0.2) is 51.8 Å². The number of hydrogen-bond donors (Lipinski definition) is 1. The number of rotatable bonds is 5. The fourth-order valence-corrected chi connectivity index (χ4v) is 3.24. The van der Waals surface area contributed by atoms with Gasteiger partial charge in [-0.25, -0.2) is 0 Å².